The molecule has 1 fully saturated rings. The summed E-state index contributed by atoms with van der Waals surface area (Å²) in [5, 5.41) is 9.26. The Labute approximate surface area is 129 Å². The highest BCUT2D eigenvalue weighted by atomic mass is 32.2. The fourth-order valence-corrected chi connectivity index (χ4v) is 5.11. The molecule has 0 saturated carbocycles. The van der Waals surface area contributed by atoms with E-state index in [9.17, 15) is 13.5 Å². The van der Waals surface area contributed by atoms with Gasteiger partial charge in [0, 0.05) is 22.9 Å². The van der Waals surface area contributed by atoms with Gasteiger partial charge in [-0.25, -0.2) is 8.42 Å². The summed E-state index contributed by atoms with van der Waals surface area (Å²) in [7, 11) is -3.40. The highest BCUT2D eigenvalue weighted by molar-refractivity contribution is 8.00. The summed E-state index contributed by atoms with van der Waals surface area (Å²) in [4.78, 5) is 0.883. The Bertz CT molecular complexity index is 565. The van der Waals surface area contributed by atoms with Crippen LogP contribution in [-0.2, 0) is 14.8 Å². The average Bonchev–Trinajstić information content (AvgIpc) is 2.49. The quantitative estimate of drug-likeness (QED) is 0.578. The standard InChI is InChI=1S/C13H20N2O4S2/c14-12-3-1-2-4-13(12)20-7-8-21(17,18)15-5-6-19-10-11(15)9-16/h1-4,11,16H,5-10,14H2. The van der Waals surface area contributed by atoms with Crippen molar-refractivity contribution in [2.24, 2.45) is 0 Å². The molecule has 2 rings (SSSR count). The van der Waals surface area contributed by atoms with Crippen LogP contribution in [0.15, 0.2) is 29.2 Å². The molecule has 6 nitrogen and oxygen atoms in total. The fourth-order valence-electron chi connectivity index (χ4n) is 2.14. The van der Waals surface area contributed by atoms with Gasteiger partial charge in [0.15, 0.2) is 0 Å². The molecule has 0 amide bonds. The lowest BCUT2D eigenvalue weighted by atomic mass is 10.3. The summed E-state index contributed by atoms with van der Waals surface area (Å²) < 4.78 is 31.2. The highest BCUT2D eigenvalue weighted by Gasteiger charge is 2.32. The van der Waals surface area contributed by atoms with Crippen molar-refractivity contribution in [3.05, 3.63) is 24.3 Å². The minimum absolute atomic E-state index is 0.0164. The maximum Gasteiger partial charge on any atom is 0.215 e. The molecular weight excluding hydrogens is 312 g/mol. The number of benzene rings is 1. The molecule has 1 aliphatic heterocycles. The number of sulfonamides is 1. The van der Waals surface area contributed by atoms with Crippen LogP contribution in [0.4, 0.5) is 5.69 Å². The molecule has 1 aromatic rings. The van der Waals surface area contributed by atoms with Gasteiger partial charge in [0.2, 0.25) is 10.0 Å². The molecule has 0 aromatic heterocycles. The van der Waals surface area contributed by atoms with Crippen LogP contribution in [0.1, 0.15) is 0 Å². The van der Waals surface area contributed by atoms with Crippen molar-refractivity contribution in [2.45, 2.75) is 10.9 Å². The molecule has 21 heavy (non-hydrogen) atoms. The maximum absolute atomic E-state index is 12.3. The Hall–Kier alpha value is -0.800. The number of nitrogen functional groups attached to an aromatic ring is 1. The van der Waals surface area contributed by atoms with Crippen molar-refractivity contribution in [1.29, 1.82) is 0 Å². The third-order valence-corrected chi connectivity index (χ3v) is 6.52. The normalized spacial score (nSPS) is 20.5. The summed E-state index contributed by atoms with van der Waals surface area (Å²) in [5.41, 5.74) is 6.48. The topological polar surface area (TPSA) is 92.9 Å². The van der Waals surface area contributed by atoms with E-state index in [4.69, 9.17) is 10.5 Å². The van der Waals surface area contributed by atoms with Gasteiger partial charge in [0.1, 0.15) is 0 Å². The third-order valence-electron chi connectivity index (χ3n) is 3.26. The summed E-state index contributed by atoms with van der Waals surface area (Å²) in [6.45, 7) is 0.687. The number of aliphatic hydroxyl groups excluding tert-OH is 1. The minimum atomic E-state index is -3.40. The van der Waals surface area contributed by atoms with Gasteiger partial charge in [0.05, 0.1) is 31.6 Å². The van der Waals surface area contributed by atoms with E-state index in [0.717, 1.165) is 4.90 Å². The van der Waals surface area contributed by atoms with E-state index in [1.807, 2.05) is 18.2 Å². The second-order valence-electron chi connectivity index (χ2n) is 4.72. The molecule has 1 saturated heterocycles. The second-order valence-corrected chi connectivity index (χ2v) is 7.90. The number of rotatable bonds is 6. The molecule has 1 atom stereocenters. The first kappa shape index (κ1) is 16.6. The van der Waals surface area contributed by atoms with Crippen LogP contribution in [0.2, 0.25) is 0 Å². The Balaban J connectivity index is 1.93. The monoisotopic (exact) mass is 332 g/mol. The van der Waals surface area contributed by atoms with E-state index in [2.05, 4.69) is 0 Å². The summed E-state index contributed by atoms with van der Waals surface area (Å²) in [5.74, 6) is 0.439. The zero-order valence-corrected chi connectivity index (χ0v) is 13.3. The molecule has 0 bridgehead atoms. The van der Waals surface area contributed by atoms with Crippen LogP contribution in [0.5, 0.6) is 0 Å². The molecule has 118 valence electrons. The van der Waals surface area contributed by atoms with Gasteiger partial charge < -0.3 is 15.6 Å². The predicted molar refractivity (Wildman–Crippen MR) is 83.8 cm³/mol. The number of thioether (sulfide) groups is 1. The number of anilines is 1. The Kier molecular flexibility index (Phi) is 5.88. The molecule has 0 radical (unpaired) electrons. The lowest BCUT2D eigenvalue weighted by molar-refractivity contribution is 0.0110. The van der Waals surface area contributed by atoms with Gasteiger partial charge in [-0.2, -0.15) is 4.31 Å². The van der Waals surface area contributed by atoms with Gasteiger partial charge in [0.25, 0.3) is 0 Å². The molecular formula is C13H20N2O4S2. The van der Waals surface area contributed by atoms with Crippen LogP contribution < -0.4 is 5.73 Å². The number of morpholine rings is 1. The largest absolute Gasteiger partial charge is 0.398 e. The van der Waals surface area contributed by atoms with Crippen LogP contribution >= 0.6 is 11.8 Å². The summed E-state index contributed by atoms with van der Waals surface area (Å²) in [6, 6.07) is 6.90. The van der Waals surface area contributed by atoms with Gasteiger partial charge in [-0.15, -0.1) is 11.8 Å². The molecule has 1 aliphatic rings. The van der Waals surface area contributed by atoms with Crippen LogP contribution in [-0.4, -0.2) is 61.7 Å². The number of aliphatic hydroxyl groups is 1. The maximum atomic E-state index is 12.3. The van der Waals surface area contributed by atoms with E-state index in [1.54, 1.807) is 6.07 Å². The minimum Gasteiger partial charge on any atom is -0.398 e. The summed E-state index contributed by atoms with van der Waals surface area (Å²) >= 11 is 1.42. The van der Waals surface area contributed by atoms with Crippen molar-refractivity contribution in [2.75, 3.05) is 43.6 Å². The van der Waals surface area contributed by atoms with E-state index < -0.39 is 16.1 Å². The van der Waals surface area contributed by atoms with Crippen molar-refractivity contribution < 1.29 is 18.3 Å². The van der Waals surface area contributed by atoms with E-state index in [-0.39, 0.29) is 19.0 Å². The third kappa shape index (κ3) is 4.33. The van der Waals surface area contributed by atoms with Gasteiger partial charge in [-0.3, -0.25) is 0 Å². The molecule has 3 N–H and O–H groups in total. The fraction of sp³-hybridized carbons (Fsp3) is 0.538. The molecule has 1 aromatic carbocycles. The SMILES string of the molecule is Nc1ccccc1SCCS(=O)(=O)N1CCOCC1CO. The smallest absolute Gasteiger partial charge is 0.215 e. The average molecular weight is 332 g/mol. The first-order valence-electron chi connectivity index (χ1n) is 6.70. The Morgan fingerprint density at radius 3 is 2.90 bits per heavy atom. The van der Waals surface area contributed by atoms with Gasteiger partial charge >= 0.3 is 0 Å². The summed E-state index contributed by atoms with van der Waals surface area (Å²) in [6.07, 6.45) is 0. The number of nitrogens with two attached hydrogens (primary N) is 1. The number of para-hydroxylation sites is 1. The first-order valence-corrected chi connectivity index (χ1v) is 9.29. The number of nitrogens with zero attached hydrogens (tertiary/aromatic N) is 1. The van der Waals surface area contributed by atoms with Crippen molar-refractivity contribution >= 4 is 27.5 Å². The van der Waals surface area contributed by atoms with Crippen molar-refractivity contribution in [3.63, 3.8) is 0 Å². The molecule has 0 spiro atoms. The van der Waals surface area contributed by atoms with Crippen LogP contribution in [0.25, 0.3) is 0 Å². The molecule has 8 heteroatoms. The molecule has 1 heterocycles. The molecule has 0 aliphatic carbocycles. The molecule has 1 unspecified atom stereocenters. The van der Waals surface area contributed by atoms with E-state index in [0.29, 0.717) is 24.6 Å². The van der Waals surface area contributed by atoms with Gasteiger partial charge in [-0.1, -0.05) is 12.1 Å². The lowest BCUT2D eigenvalue weighted by Crippen LogP contribution is -2.51. The van der Waals surface area contributed by atoms with Crippen molar-refractivity contribution in [1.82, 2.24) is 4.31 Å². The van der Waals surface area contributed by atoms with Crippen LogP contribution in [0.3, 0.4) is 0 Å². The Morgan fingerprint density at radius 1 is 1.43 bits per heavy atom. The predicted octanol–water partition coefficient (Wildman–Crippen LogP) is 0.384. The second kappa shape index (κ2) is 7.46. The van der Waals surface area contributed by atoms with Gasteiger partial charge in [-0.05, 0) is 12.1 Å². The number of hydrogen-bond acceptors (Lipinski definition) is 6. The number of hydrogen-bond donors (Lipinski definition) is 2. The highest BCUT2D eigenvalue weighted by Crippen LogP contribution is 2.25. The Morgan fingerprint density at radius 2 is 2.19 bits per heavy atom. The zero-order chi connectivity index (χ0) is 15.3. The van der Waals surface area contributed by atoms with Crippen LogP contribution in [0, 0.1) is 0 Å². The van der Waals surface area contributed by atoms with E-state index in [1.165, 1.54) is 16.1 Å². The van der Waals surface area contributed by atoms with Crippen molar-refractivity contribution in [3.8, 4) is 0 Å². The number of ether oxygens (including phenoxy) is 1. The zero-order valence-electron chi connectivity index (χ0n) is 11.6. The van der Waals surface area contributed by atoms with E-state index >= 15 is 0 Å². The first-order chi connectivity index (χ1) is 10.0. The lowest BCUT2D eigenvalue weighted by Gasteiger charge is -2.33.